The van der Waals surface area contributed by atoms with Crippen LogP contribution >= 0.6 is 11.8 Å². The van der Waals surface area contributed by atoms with Gasteiger partial charge in [-0.15, -0.1) is 0 Å². The van der Waals surface area contributed by atoms with Crippen LogP contribution in [-0.4, -0.2) is 39.8 Å². The lowest BCUT2D eigenvalue weighted by molar-refractivity contribution is 0.204. The summed E-state index contributed by atoms with van der Waals surface area (Å²) in [5, 5.41) is 9.22. The molecule has 0 amide bonds. The molecule has 0 saturated carbocycles. The van der Waals surface area contributed by atoms with Crippen LogP contribution in [0.3, 0.4) is 0 Å². The molecule has 0 aliphatic carbocycles. The highest BCUT2D eigenvalue weighted by molar-refractivity contribution is 7.99. The fraction of sp³-hybridized carbons (Fsp3) is 0.667. The van der Waals surface area contributed by atoms with Gasteiger partial charge in [-0.3, -0.25) is 9.78 Å². The van der Waals surface area contributed by atoms with Crippen LogP contribution in [0.5, 0.6) is 6.01 Å². The molecule has 5 nitrogen and oxygen atoms in total. The highest BCUT2D eigenvalue weighted by atomic mass is 32.2. The fourth-order valence-electron chi connectivity index (χ4n) is 1.23. The Labute approximate surface area is 112 Å². The van der Waals surface area contributed by atoms with Gasteiger partial charge in [-0.05, 0) is 6.26 Å². The number of hydrogen-bond acceptors (Lipinski definition) is 5. The second kappa shape index (κ2) is 9.96. The number of ether oxygens (including phenoxy) is 1. The van der Waals surface area contributed by atoms with E-state index in [2.05, 4.69) is 9.97 Å². The minimum Gasteiger partial charge on any atom is -0.464 e. The maximum atomic E-state index is 11.0. The van der Waals surface area contributed by atoms with Crippen LogP contribution in [0.25, 0.3) is 0 Å². The Balaban J connectivity index is 0.00000137. The molecule has 18 heavy (non-hydrogen) atoms. The van der Waals surface area contributed by atoms with Gasteiger partial charge in [0.05, 0.1) is 13.2 Å². The van der Waals surface area contributed by atoms with Crippen LogP contribution in [-0.2, 0) is 0 Å². The molecule has 1 rings (SSSR count). The van der Waals surface area contributed by atoms with Gasteiger partial charge < -0.3 is 9.84 Å². The zero-order chi connectivity index (χ0) is 14.0. The van der Waals surface area contributed by atoms with Crippen molar-refractivity contribution in [1.82, 2.24) is 9.97 Å². The second-order valence-corrected chi connectivity index (χ2v) is 4.56. The molecule has 104 valence electrons. The van der Waals surface area contributed by atoms with Crippen LogP contribution in [0, 0.1) is 5.92 Å². The molecule has 0 aromatic carbocycles. The topological polar surface area (TPSA) is 75.2 Å². The summed E-state index contributed by atoms with van der Waals surface area (Å²) in [6.07, 6.45) is 3.34. The molecule has 2 atom stereocenters. The van der Waals surface area contributed by atoms with Crippen LogP contribution in [0.15, 0.2) is 17.1 Å². The van der Waals surface area contributed by atoms with E-state index in [0.717, 1.165) is 0 Å². The lowest BCUT2D eigenvalue weighted by Gasteiger charge is -2.19. The van der Waals surface area contributed by atoms with Crippen molar-refractivity contribution in [1.29, 1.82) is 0 Å². The van der Waals surface area contributed by atoms with E-state index in [-0.39, 0.29) is 29.3 Å². The van der Waals surface area contributed by atoms with Crippen molar-refractivity contribution >= 4 is 11.8 Å². The van der Waals surface area contributed by atoms with Crippen molar-refractivity contribution in [2.24, 2.45) is 5.92 Å². The quantitative estimate of drug-likeness (QED) is 0.823. The summed E-state index contributed by atoms with van der Waals surface area (Å²) in [7, 11) is 0. The minimum atomic E-state index is -0.235. The standard InChI is InChI=1S/C10H16N2O3S.C2H6/c1-7(8(5-13)16-2)6-15-10-11-4-3-9(14)12-10;1-2/h3-4,7-8,13H,5-6H2,1-2H3,(H,11,12,14);1-2H3/t7-,8?;/m0./s1. The maximum Gasteiger partial charge on any atom is 0.296 e. The predicted octanol–water partition coefficient (Wildman–Crippen LogP) is 1.53. The van der Waals surface area contributed by atoms with Gasteiger partial charge in [0.2, 0.25) is 0 Å². The molecule has 0 aliphatic heterocycles. The molecule has 6 heteroatoms. The van der Waals surface area contributed by atoms with Crippen molar-refractivity contribution in [3.8, 4) is 6.01 Å². The SMILES string of the molecule is CC.CSC(CO)[C@@H](C)COc1nccc(=O)[nH]1. The minimum absolute atomic E-state index is 0.116. The van der Waals surface area contributed by atoms with Gasteiger partial charge in [-0.25, -0.2) is 4.98 Å². The Morgan fingerprint density at radius 3 is 2.72 bits per heavy atom. The Morgan fingerprint density at radius 2 is 2.22 bits per heavy atom. The van der Waals surface area contributed by atoms with Crippen LogP contribution in [0.1, 0.15) is 20.8 Å². The average Bonchev–Trinajstić information content (AvgIpc) is 2.40. The van der Waals surface area contributed by atoms with E-state index < -0.39 is 0 Å². The molecule has 1 heterocycles. The number of nitrogens with one attached hydrogen (secondary N) is 1. The average molecular weight is 274 g/mol. The molecule has 0 spiro atoms. The number of H-pyrrole nitrogens is 1. The highest BCUT2D eigenvalue weighted by Gasteiger charge is 2.16. The van der Waals surface area contributed by atoms with Gasteiger partial charge >= 0.3 is 0 Å². The predicted molar refractivity (Wildman–Crippen MR) is 75.3 cm³/mol. The number of aliphatic hydroxyl groups excluding tert-OH is 1. The van der Waals surface area contributed by atoms with Gasteiger partial charge in [0.25, 0.3) is 11.6 Å². The normalized spacial score (nSPS) is 13.2. The first-order chi connectivity index (χ1) is 8.67. The first-order valence-corrected chi connectivity index (χ1v) is 7.28. The Kier molecular flexibility index (Phi) is 9.40. The number of thioether (sulfide) groups is 1. The number of nitrogens with zero attached hydrogens (tertiary/aromatic N) is 1. The second-order valence-electron chi connectivity index (χ2n) is 3.48. The van der Waals surface area contributed by atoms with Gasteiger partial charge in [-0.1, -0.05) is 20.8 Å². The van der Waals surface area contributed by atoms with E-state index in [0.29, 0.717) is 6.61 Å². The highest BCUT2D eigenvalue weighted by Crippen LogP contribution is 2.16. The van der Waals surface area contributed by atoms with Crippen molar-refractivity contribution < 1.29 is 9.84 Å². The molecule has 0 saturated heterocycles. The van der Waals surface area contributed by atoms with E-state index in [4.69, 9.17) is 9.84 Å². The molecular weight excluding hydrogens is 252 g/mol. The number of hydrogen-bond donors (Lipinski definition) is 2. The third-order valence-corrected chi connectivity index (χ3v) is 3.47. The van der Waals surface area contributed by atoms with Gasteiger partial charge in [0.15, 0.2) is 0 Å². The first-order valence-electron chi connectivity index (χ1n) is 5.99. The summed E-state index contributed by atoms with van der Waals surface area (Å²) < 4.78 is 5.34. The molecule has 0 bridgehead atoms. The molecule has 2 N–H and O–H groups in total. The Bertz CT molecular complexity index is 366. The molecular formula is C12H22N2O3S. The molecule has 0 aliphatic rings. The Hall–Kier alpha value is -1.01. The zero-order valence-corrected chi connectivity index (χ0v) is 12.2. The molecule has 0 radical (unpaired) electrons. The van der Waals surface area contributed by atoms with E-state index >= 15 is 0 Å². The van der Waals surface area contributed by atoms with Crippen molar-refractivity contribution in [2.75, 3.05) is 19.5 Å². The number of rotatable bonds is 6. The van der Waals surface area contributed by atoms with E-state index in [1.165, 1.54) is 12.3 Å². The van der Waals surface area contributed by atoms with Crippen molar-refractivity contribution in [3.63, 3.8) is 0 Å². The van der Waals surface area contributed by atoms with Gasteiger partial charge in [-0.2, -0.15) is 11.8 Å². The number of aliphatic hydroxyl groups is 1. The zero-order valence-electron chi connectivity index (χ0n) is 11.3. The van der Waals surface area contributed by atoms with Crippen LogP contribution < -0.4 is 10.3 Å². The summed E-state index contributed by atoms with van der Waals surface area (Å²) in [6.45, 7) is 6.52. The monoisotopic (exact) mass is 274 g/mol. The third-order valence-electron chi connectivity index (χ3n) is 2.25. The summed E-state index contributed by atoms with van der Waals surface area (Å²) in [5.74, 6) is 0.186. The fourth-order valence-corrected chi connectivity index (χ4v) is 1.92. The molecule has 1 aromatic rings. The number of aromatic nitrogens is 2. The third kappa shape index (κ3) is 6.07. The Morgan fingerprint density at radius 1 is 1.56 bits per heavy atom. The van der Waals surface area contributed by atoms with Crippen molar-refractivity contribution in [2.45, 2.75) is 26.0 Å². The maximum absolute atomic E-state index is 11.0. The van der Waals surface area contributed by atoms with E-state index in [9.17, 15) is 4.79 Å². The van der Waals surface area contributed by atoms with Crippen LogP contribution in [0.2, 0.25) is 0 Å². The van der Waals surface area contributed by atoms with Crippen LogP contribution in [0.4, 0.5) is 0 Å². The first kappa shape index (κ1) is 17.0. The summed E-state index contributed by atoms with van der Waals surface area (Å²) >= 11 is 1.59. The molecule has 1 aromatic heterocycles. The van der Waals surface area contributed by atoms with Gasteiger partial charge in [0.1, 0.15) is 0 Å². The largest absolute Gasteiger partial charge is 0.464 e. The summed E-state index contributed by atoms with van der Waals surface area (Å²) in [5.41, 5.74) is -0.235. The molecule has 1 unspecified atom stereocenters. The van der Waals surface area contributed by atoms with E-state index in [1.807, 2.05) is 27.0 Å². The lowest BCUT2D eigenvalue weighted by atomic mass is 10.1. The smallest absolute Gasteiger partial charge is 0.296 e. The molecule has 0 fully saturated rings. The van der Waals surface area contributed by atoms with Gasteiger partial charge in [0, 0.05) is 23.4 Å². The number of aromatic amines is 1. The summed E-state index contributed by atoms with van der Waals surface area (Å²) in [4.78, 5) is 17.3. The van der Waals surface area contributed by atoms with Crippen molar-refractivity contribution in [3.05, 3.63) is 22.6 Å². The van der Waals surface area contributed by atoms with E-state index in [1.54, 1.807) is 11.8 Å². The summed E-state index contributed by atoms with van der Waals surface area (Å²) in [6, 6.07) is 1.55. The lowest BCUT2D eigenvalue weighted by Crippen LogP contribution is -2.25.